The van der Waals surface area contributed by atoms with E-state index in [1.807, 2.05) is 0 Å². The Bertz CT molecular complexity index is 786. The Balaban J connectivity index is 1.67. The number of alkyl halides is 3. The second-order valence-electron chi connectivity index (χ2n) is 5.31. The van der Waals surface area contributed by atoms with Crippen LogP contribution in [0.5, 0.6) is 5.75 Å². The van der Waals surface area contributed by atoms with Gasteiger partial charge in [0, 0.05) is 13.1 Å². The molecule has 0 radical (unpaired) electrons. The molecule has 0 aromatic heterocycles. The molecule has 2 heterocycles. The van der Waals surface area contributed by atoms with E-state index < -0.39 is 40.2 Å². The van der Waals surface area contributed by atoms with Crippen LogP contribution in [0.25, 0.3) is 0 Å². The van der Waals surface area contributed by atoms with E-state index in [0.29, 0.717) is 0 Å². The summed E-state index contributed by atoms with van der Waals surface area (Å²) in [6, 6.07) is 3.13. The van der Waals surface area contributed by atoms with E-state index in [1.165, 1.54) is 0 Å². The molecular weight excluding hydrogens is 369 g/mol. The lowest BCUT2D eigenvalue weighted by Gasteiger charge is -2.40. The quantitative estimate of drug-likeness (QED) is 0.772. The Morgan fingerprint density at radius 1 is 1.12 bits per heavy atom. The topological polar surface area (TPSA) is 93.2 Å². The van der Waals surface area contributed by atoms with Gasteiger partial charge in [0.1, 0.15) is 5.75 Å². The lowest BCUT2D eigenvalue weighted by Crippen LogP contribution is -2.62. The molecule has 1 aromatic rings. The third kappa shape index (κ3) is 3.39. The molecule has 8 nitrogen and oxygen atoms in total. The molecule has 2 amide bonds. The highest BCUT2D eigenvalue weighted by atomic mass is 32.2. The van der Waals surface area contributed by atoms with Crippen molar-refractivity contribution in [1.82, 2.24) is 9.21 Å². The molecule has 0 aliphatic carbocycles. The van der Waals surface area contributed by atoms with Gasteiger partial charge in [0.15, 0.2) is 6.61 Å². The number of sulfonamides is 1. The van der Waals surface area contributed by atoms with Gasteiger partial charge in [0.2, 0.25) is 10.0 Å². The Kier molecular flexibility index (Phi) is 4.11. The number of halogens is 3. The Labute approximate surface area is 139 Å². The first kappa shape index (κ1) is 17.5. The van der Waals surface area contributed by atoms with Crippen LogP contribution in [0.4, 0.5) is 18.0 Å². The molecule has 2 saturated heterocycles. The first-order valence-corrected chi connectivity index (χ1v) is 8.37. The molecule has 136 valence electrons. The maximum Gasteiger partial charge on any atom is 0.573 e. The van der Waals surface area contributed by atoms with E-state index in [9.17, 15) is 31.2 Å². The van der Waals surface area contributed by atoms with Crippen molar-refractivity contribution in [3.05, 3.63) is 24.3 Å². The monoisotopic (exact) mass is 380 g/mol. The number of ether oxygens (including phenoxy) is 2. The van der Waals surface area contributed by atoms with E-state index in [0.717, 1.165) is 33.5 Å². The maximum atomic E-state index is 12.4. The fourth-order valence-electron chi connectivity index (χ4n) is 2.46. The molecule has 0 atom stereocenters. The summed E-state index contributed by atoms with van der Waals surface area (Å²) in [4.78, 5) is 23.6. The van der Waals surface area contributed by atoms with Crippen LogP contribution in [-0.2, 0) is 19.6 Å². The number of carbonyl (C=O) groups excluding carboxylic acids is 2. The molecule has 2 aliphatic rings. The average Bonchev–Trinajstić information content (AvgIpc) is 2.76. The molecule has 12 heteroatoms. The van der Waals surface area contributed by atoms with Crippen molar-refractivity contribution < 1.29 is 40.7 Å². The SMILES string of the molecule is O=C1COC(=O)N1C1CN(S(=O)(=O)c2ccc(OC(F)(F)F)cc2)C1. The van der Waals surface area contributed by atoms with Crippen molar-refractivity contribution in [3.8, 4) is 5.75 Å². The van der Waals surface area contributed by atoms with Crippen LogP contribution < -0.4 is 4.74 Å². The number of hydrogen-bond acceptors (Lipinski definition) is 6. The predicted octanol–water partition coefficient (Wildman–Crippen LogP) is 0.937. The first-order chi connectivity index (χ1) is 11.6. The normalized spacial score (nSPS) is 19.7. The standard InChI is InChI=1S/C13H11F3N2O6S/c14-13(15,16)24-9-1-3-10(4-2-9)25(21,22)17-5-8(6-17)18-11(19)7-23-12(18)20/h1-4,8H,5-7H2. The number of carbonyl (C=O) groups is 2. The summed E-state index contributed by atoms with van der Waals surface area (Å²) in [6.07, 6.45) is -5.69. The molecule has 0 unspecified atom stereocenters. The molecule has 0 saturated carbocycles. The fraction of sp³-hybridized carbons (Fsp3) is 0.385. The van der Waals surface area contributed by atoms with Gasteiger partial charge in [-0.25, -0.2) is 18.1 Å². The summed E-state index contributed by atoms with van der Waals surface area (Å²) in [5.41, 5.74) is 0. The summed E-state index contributed by atoms with van der Waals surface area (Å²) in [5.74, 6) is -1.08. The van der Waals surface area contributed by atoms with E-state index in [4.69, 9.17) is 0 Å². The maximum absolute atomic E-state index is 12.4. The van der Waals surface area contributed by atoms with Gasteiger partial charge in [0.25, 0.3) is 5.91 Å². The number of rotatable bonds is 4. The van der Waals surface area contributed by atoms with Crippen molar-refractivity contribution in [1.29, 1.82) is 0 Å². The molecule has 2 fully saturated rings. The molecule has 0 bridgehead atoms. The zero-order valence-corrected chi connectivity index (χ0v) is 13.2. The molecule has 0 N–H and O–H groups in total. The predicted molar refractivity (Wildman–Crippen MR) is 73.9 cm³/mol. The van der Waals surface area contributed by atoms with Crippen molar-refractivity contribution in [2.45, 2.75) is 17.3 Å². The number of hydrogen-bond donors (Lipinski definition) is 0. The van der Waals surface area contributed by atoms with Crippen LogP contribution in [0.1, 0.15) is 0 Å². The summed E-state index contributed by atoms with van der Waals surface area (Å²) >= 11 is 0. The van der Waals surface area contributed by atoms with Gasteiger partial charge in [-0.1, -0.05) is 0 Å². The number of imide groups is 1. The summed E-state index contributed by atoms with van der Waals surface area (Å²) in [5, 5.41) is 0. The Morgan fingerprint density at radius 2 is 1.72 bits per heavy atom. The average molecular weight is 380 g/mol. The van der Waals surface area contributed by atoms with Crippen LogP contribution in [0.2, 0.25) is 0 Å². The molecule has 2 aliphatic heterocycles. The van der Waals surface area contributed by atoms with Crippen LogP contribution in [0, 0.1) is 0 Å². The minimum absolute atomic E-state index is 0.107. The van der Waals surface area contributed by atoms with Gasteiger partial charge in [0.05, 0.1) is 10.9 Å². The highest BCUT2D eigenvalue weighted by Crippen LogP contribution is 2.28. The highest BCUT2D eigenvalue weighted by molar-refractivity contribution is 7.89. The van der Waals surface area contributed by atoms with Crippen LogP contribution in [0.15, 0.2) is 29.2 Å². The summed E-state index contributed by atoms with van der Waals surface area (Å²) < 4.78 is 70.3. The highest BCUT2D eigenvalue weighted by Gasteiger charge is 2.46. The van der Waals surface area contributed by atoms with Crippen molar-refractivity contribution in [2.75, 3.05) is 19.7 Å². The van der Waals surface area contributed by atoms with E-state index in [2.05, 4.69) is 9.47 Å². The number of nitrogens with zero attached hydrogens (tertiary/aromatic N) is 2. The molecule has 1 aromatic carbocycles. The molecule has 3 rings (SSSR count). The third-order valence-corrected chi connectivity index (χ3v) is 5.52. The second-order valence-corrected chi connectivity index (χ2v) is 7.25. The lowest BCUT2D eigenvalue weighted by molar-refractivity contribution is -0.274. The number of amides is 2. The summed E-state index contributed by atoms with van der Waals surface area (Å²) in [7, 11) is -3.95. The van der Waals surface area contributed by atoms with Crippen molar-refractivity contribution in [3.63, 3.8) is 0 Å². The van der Waals surface area contributed by atoms with Gasteiger partial charge < -0.3 is 9.47 Å². The molecule has 25 heavy (non-hydrogen) atoms. The van der Waals surface area contributed by atoms with Gasteiger partial charge in [-0.05, 0) is 24.3 Å². The zero-order valence-electron chi connectivity index (χ0n) is 12.4. The zero-order chi connectivity index (χ0) is 18.4. The second kappa shape index (κ2) is 5.88. The molecular formula is C13H11F3N2O6S. The lowest BCUT2D eigenvalue weighted by atomic mass is 10.1. The van der Waals surface area contributed by atoms with Crippen molar-refractivity contribution in [2.24, 2.45) is 0 Å². The smallest absolute Gasteiger partial charge is 0.439 e. The van der Waals surface area contributed by atoms with Gasteiger partial charge in [-0.3, -0.25) is 4.79 Å². The van der Waals surface area contributed by atoms with Gasteiger partial charge in [-0.2, -0.15) is 4.31 Å². The van der Waals surface area contributed by atoms with Gasteiger partial charge in [-0.15, -0.1) is 13.2 Å². The summed E-state index contributed by atoms with van der Waals surface area (Å²) in [6.45, 7) is -0.587. The Hall–Kier alpha value is -2.34. The van der Waals surface area contributed by atoms with Gasteiger partial charge >= 0.3 is 12.5 Å². The largest absolute Gasteiger partial charge is 0.573 e. The van der Waals surface area contributed by atoms with E-state index in [-0.39, 0.29) is 24.6 Å². The number of benzene rings is 1. The van der Waals surface area contributed by atoms with Crippen molar-refractivity contribution >= 4 is 22.0 Å². The van der Waals surface area contributed by atoms with E-state index >= 15 is 0 Å². The van der Waals surface area contributed by atoms with Crippen LogP contribution >= 0.6 is 0 Å². The fourth-order valence-corrected chi connectivity index (χ4v) is 3.97. The van der Waals surface area contributed by atoms with E-state index in [1.54, 1.807) is 0 Å². The Morgan fingerprint density at radius 3 is 2.20 bits per heavy atom. The van der Waals surface area contributed by atoms with Crippen LogP contribution in [0.3, 0.4) is 0 Å². The molecule has 0 spiro atoms. The minimum Gasteiger partial charge on any atom is -0.439 e. The minimum atomic E-state index is -4.87. The third-order valence-electron chi connectivity index (χ3n) is 3.67. The number of cyclic esters (lactones) is 1. The van der Waals surface area contributed by atoms with Crippen LogP contribution in [-0.4, -0.2) is 61.7 Å². The first-order valence-electron chi connectivity index (χ1n) is 6.93.